The molecule has 1 aliphatic heterocycles. The van der Waals surface area contributed by atoms with E-state index in [1.54, 1.807) is 6.20 Å². The third-order valence-electron chi connectivity index (χ3n) is 6.15. The lowest BCUT2D eigenvalue weighted by molar-refractivity contribution is 0.200. The van der Waals surface area contributed by atoms with E-state index < -0.39 is 0 Å². The highest BCUT2D eigenvalue weighted by molar-refractivity contribution is 5.51. The molecule has 1 aliphatic rings. The van der Waals surface area contributed by atoms with Crippen molar-refractivity contribution in [2.24, 2.45) is 0 Å². The molecule has 0 radical (unpaired) electrons. The van der Waals surface area contributed by atoms with Gasteiger partial charge >= 0.3 is 0 Å². The molecule has 4 aromatic heterocycles. The normalized spacial score (nSPS) is 15.4. The molecule has 1 saturated heterocycles. The second-order valence-electron chi connectivity index (χ2n) is 8.41. The van der Waals surface area contributed by atoms with Crippen molar-refractivity contribution in [2.45, 2.75) is 39.2 Å². The van der Waals surface area contributed by atoms with Crippen molar-refractivity contribution in [3.63, 3.8) is 0 Å². The molecule has 0 aromatic carbocycles. The molecule has 6 nitrogen and oxygen atoms in total. The van der Waals surface area contributed by atoms with Crippen molar-refractivity contribution in [2.75, 3.05) is 18.4 Å². The van der Waals surface area contributed by atoms with Gasteiger partial charge in [0, 0.05) is 30.6 Å². The molecule has 4 aromatic rings. The Morgan fingerprint density at radius 1 is 0.968 bits per heavy atom. The number of anilines is 2. The number of imidazole rings is 1. The van der Waals surface area contributed by atoms with E-state index in [9.17, 15) is 0 Å². The number of aryl methyl sites for hydroxylation is 2. The quantitative estimate of drug-likeness (QED) is 0.507. The minimum absolute atomic E-state index is 0.493. The van der Waals surface area contributed by atoms with Gasteiger partial charge in [-0.2, -0.15) is 0 Å². The maximum absolute atomic E-state index is 4.87. The number of likely N-dealkylation sites (tertiary alicyclic amines) is 1. The lowest BCUT2D eigenvalue weighted by Crippen LogP contribution is -2.33. The van der Waals surface area contributed by atoms with E-state index in [1.165, 1.54) is 17.0 Å². The molecule has 0 aliphatic carbocycles. The van der Waals surface area contributed by atoms with Crippen LogP contribution in [-0.4, -0.2) is 37.3 Å². The minimum Gasteiger partial charge on any atom is -0.325 e. The van der Waals surface area contributed by atoms with Crippen LogP contribution in [0.4, 0.5) is 11.6 Å². The number of piperidine rings is 1. The van der Waals surface area contributed by atoms with E-state index in [0.29, 0.717) is 5.92 Å². The lowest BCUT2D eigenvalue weighted by atomic mass is 9.93. The fourth-order valence-corrected chi connectivity index (χ4v) is 4.42. The Morgan fingerprint density at radius 3 is 2.61 bits per heavy atom. The highest BCUT2D eigenvalue weighted by atomic mass is 15.2. The standard InChI is InChI=1S/C25H28N6/c1-18-9-15-31-22(19(2)27-25(31)16-18)17-30-13-10-20(11-14-30)21-6-5-8-24(28-21)29-23-7-3-4-12-26-23/h3-9,12,15-16,20H,10-11,13-14,17H2,1-2H3,(H,26,28,29). The number of hydrogen-bond donors (Lipinski definition) is 1. The smallest absolute Gasteiger partial charge is 0.137 e. The predicted octanol–water partition coefficient (Wildman–Crippen LogP) is 4.86. The fraction of sp³-hybridized carbons (Fsp3) is 0.320. The van der Waals surface area contributed by atoms with E-state index >= 15 is 0 Å². The summed E-state index contributed by atoms with van der Waals surface area (Å²) in [4.78, 5) is 16.5. The van der Waals surface area contributed by atoms with Gasteiger partial charge in [-0.1, -0.05) is 12.1 Å². The Balaban J connectivity index is 1.24. The SMILES string of the molecule is Cc1ccn2c(CN3CCC(c4cccc(Nc5ccccn5)n4)CC3)c(C)nc2c1. The first-order valence-corrected chi connectivity index (χ1v) is 11.0. The van der Waals surface area contributed by atoms with Crippen molar-refractivity contribution in [1.29, 1.82) is 0 Å². The molecule has 31 heavy (non-hydrogen) atoms. The zero-order valence-corrected chi connectivity index (χ0v) is 18.1. The van der Waals surface area contributed by atoms with E-state index in [2.05, 4.69) is 63.9 Å². The topological polar surface area (TPSA) is 58.4 Å². The summed E-state index contributed by atoms with van der Waals surface area (Å²) in [5, 5.41) is 3.31. The van der Waals surface area contributed by atoms with Crippen LogP contribution in [0, 0.1) is 13.8 Å². The van der Waals surface area contributed by atoms with Gasteiger partial charge < -0.3 is 9.72 Å². The molecule has 0 bridgehead atoms. The first-order valence-electron chi connectivity index (χ1n) is 11.0. The summed E-state index contributed by atoms with van der Waals surface area (Å²) in [6.07, 6.45) is 6.18. The first kappa shape index (κ1) is 19.7. The Bertz CT molecular complexity index is 1180. The molecule has 0 amide bonds. The number of pyridine rings is 3. The maximum atomic E-state index is 4.87. The van der Waals surface area contributed by atoms with E-state index in [0.717, 1.165) is 55.5 Å². The monoisotopic (exact) mass is 412 g/mol. The minimum atomic E-state index is 0.493. The van der Waals surface area contributed by atoms with E-state index in [1.807, 2.05) is 24.3 Å². The molecule has 0 atom stereocenters. The summed E-state index contributed by atoms with van der Waals surface area (Å²) < 4.78 is 2.24. The predicted molar refractivity (Wildman–Crippen MR) is 124 cm³/mol. The molecule has 5 rings (SSSR count). The fourth-order valence-electron chi connectivity index (χ4n) is 4.42. The number of nitrogens with one attached hydrogen (secondary N) is 1. The summed E-state index contributed by atoms with van der Waals surface area (Å²) in [6, 6.07) is 16.4. The van der Waals surface area contributed by atoms with Crippen LogP contribution in [0.15, 0.2) is 60.9 Å². The van der Waals surface area contributed by atoms with Crippen LogP contribution in [-0.2, 0) is 6.54 Å². The molecular formula is C25H28N6. The first-order chi connectivity index (χ1) is 15.2. The Labute approximate surface area is 183 Å². The number of rotatable bonds is 5. The molecule has 1 fully saturated rings. The zero-order chi connectivity index (χ0) is 21.2. The summed E-state index contributed by atoms with van der Waals surface area (Å²) >= 11 is 0. The maximum Gasteiger partial charge on any atom is 0.137 e. The Hall–Kier alpha value is -3.25. The molecule has 0 spiro atoms. The van der Waals surface area contributed by atoms with Gasteiger partial charge in [0.2, 0.25) is 0 Å². The average molecular weight is 413 g/mol. The third kappa shape index (κ3) is 4.30. The molecule has 6 heteroatoms. The van der Waals surface area contributed by atoms with Crippen LogP contribution in [0.25, 0.3) is 5.65 Å². The van der Waals surface area contributed by atoms with Gasteiger partial charge in [-0.25, -0.2) is 15.0 Å². The second-order valence-corrected chi connectivity index (χ2v) is 8.41. The molecule has 0 unspecified atom stereocenters. The van der Waals surface area contributed by atoms with E-state index in [4.69, 9.17) is 9.97 Å². The number of fused-ring (bicyclic) bond motifs is 1. The van der Waals surface area contributed by atoms with Crippen LogP contribution in [0.5, 0.6) is 0 Å². The molecule has 1 N–H and O–H groups in total. The summed E-state index contributed by atoms with van der Waals surface area (Å²) in [6.45, 7) is 7.32. The largest absolute Gasteiger partial charge is 0.325 e. The van der Waals surface area contributed by atoms with Crippen molar-refractivity contribution in [3.8, 4) is 0 Å². The van der Waals surface area contributed by atoms with Crippen molar-refractivity contribution in [3.05, 3.63) is 83.6 Å². The number of aromatic nitrogens is 4. The number of hydrogen-bond acceptors (Lipinski definition) is 5. The zero-order valence-electron chi connectivity index (χ0n) is 18.1. The van der Waals surface area contributed by atoms with Crippen LogP contribution in [0.2, 0.25) is 0 Å². The van der Waals surface area contributed by atoms with Gasteiger partial charge in [0.05, 0.1) is 11.4 Å². The van der Waals surface area contributed by atoms with Crippen LogP contribution in [0.3, 0.4) is 0 Å². The average Bonchev–Trinajstić information content (AvgIpc) is 3.09. The lowest BCUT2D eigenvalue weighted by Gasteiger charge is -2.31. The van der Waals surface area contributed by atoms with Crippen LogP contribution < -0.4 is 5.32 Å². The van der Waals surface area contributed by atoms with Gasteiger partial charge in [0.15, 0.2) is 0 Å². The molecule has 0 saturated carbocycles. The van der Waals surface area contributed by atoms with Crippen LogP contribution >= 0.6 is 0 Å². The third-order valence-corrected chi connectivity index (χ3v) is 6.15. The molecular weight excluding hydrogens is 384 g/mol. The summed E-state index contributed by atoms with van der Waals surface area (Å²) in [7, 11) is 0. The van der Waals surface area contributed by atoms with Crippen molar-refractivity contribution < 1.29 is 0 Å². The highest BCUT2D eigenvalue weighted by Crippen LogP contribution is 2.29. The van der Waals surface area contributed by atoms with Gasteiger partial charge in [0.25, 0.3) is 0 Å². The van der Waals surface area contributed by atoms with Gasteiger partial charge in [-0.05, 0) is 81.7 Å². The van der Waals surface area contributed by atoms with E-state index in [-0.39, 0.29) is 0 Å². The second kappa shape index (κ2) is 8.47. The Morgan fingerprint density at radius 2 is 1.81 bits per heavy atom. The Kier molecular flexibility index (Phi) is 5.38. The molecule has 5 heterocycles. The van der Waals surface area contributed by atoms with Crippen molar-refractivity contribution in [1.82, 2.24) is 24.3 Å². The number of nitrogens with zero attached hydrogens (tertiary/aromatic N) is 5. The van der Waals surface area contributed by atoms with Gasteiger partial charge in [-0.3, -0.25) is 4.90 Å². The molecule has 158 valence electrons. The van der Waals surface area contributed by atoms with Crippen molar-refractivity contribution >= 4 is 17.3 Å². The highest BCUT2D eigenvalue weighted by Gasteiger charge is 2.23. The summed E-state index contributed by atoms with van der Waals surface area (Å²) in [5.74, 6) is 2.17. The van der Waals surface area contributed by atoms with Gasteiger partial charge in [0.1, 0.15) is 17.3 Å². The van der Waals surface area contributed by atoms with Gasteiger partial charge in [-0.15, -0.1) is 0 Å². The summed E-state index contributed by atoms with van der Waals surface area (Å²) in [5.41, 5.74) is 5.89. The van der Waals surface area contributed by atoms with Crippen LogP contribution in [0.1, 0.15) is 41.4 Å².